The molecule has 1 N–H and O–H groups in total. The zero-order valence-corrected chi connectivity index (χ0v) is 21.6. The van der Waals surface area contributed by atoms with E-state index in [-0.39, 0.29) is 10.7 Å². The summed E-state index contributed by atoms with van der Waals surface area (Å²) in [6.07, 6.45) is 3.46. The van der Waals surface area contributed by atoms with Gasteiger partial charge < -0.3 is 9.15 Å². The number of nitrogens with zero attached hydrogens (tertiary/aromatic N) is 1. The fourth-order valence-electron chi connectivity index (χ4n) is 4.33. The number of amides is 1. The number of benzene rings is 3. The molecule has 36 heavy (non-hydrogen) atoms. The molecule has 0 radical (unpaired) electrons. The third-order valence-corrected chi connectivity index (χ3v) is 6.95. The first kappa shape index (κ1) is 24.2. The molecular weight excluding hydrogens is 468 g/mol. The van der Waals surface area contributed by atoms with Crippen LogP contribution in [-0.4, -0.2) is 22.2 Å². The fraction of sp³-hybridized carbons (Fsp3) is 0.267. The van der Waals surface area contributed by atoms with E-state index in [1.165, 1.54) is 17.5 Å². The van der Waals surface area contributed by atoms with Gasteiger partial charge in [0.05, 0.1) is 12.3 Å². The van der Waals surface area contributed by atoms with Gasteiger partial charge in [-0.1, -0.05) is 48.5 Å². The van der Waals surface area contributed by atoms with Crippen molar-refractivity contribution in [2.45, 2.75) is 38.4 Å². The second-order valence-corrected chi connectivity index (χ2v) is 11.7. The Balaban J connectivity index is 1.29. The van der Waals surface area contributed by atoms with Gasteiger partial charge in [-0.3, -0.25) is 9.52 Å². The molecule has 4 aromatic rings. The van der Waals surface area contributed by atoms with Crippen LogP contribution in [0.25, 0.3) is 22.6 Å². The average molecular weight is 499 g/mol. The molecule has 0 unspecified atom stereocenters. The van der Waals surface area contributed by atoms with Crippen molar-refractivity contribution in [1.82, 2.24) is 9.71 Å². The largest absolute Gasteiger partial charge is 0.493 e. The van der Waals surface area contributed by atoms with Crippen molar-refractivity contribution in [3.63, 3.8) is 0 Å². The number of rotatable bonds is 6. The normalized spacial score (nSPS) is 15.1. The molecule has 1 aliphatic rings. The van der Waals surface area contributed by atoms with Crippen LogP contribution >= 0.6 is 11.9 Å². The van der Waals surface area contributed by atoms with Gasteiger partial charge in [-0.05, 0) is 86.5 Å². The molecule has 0 saturated carbocycles. The summed E-state index contributed by atoms with van der Waals surface area (Å²) < 4.78 is 14.8. The minimum absolute atomic E-state index is 0.0596. The van der Waals surface area contributed by atoms with Crippen molar-refractivity contribution < 1.29 is 13.9 Å². The highest BCUT2D eigenvalue weighted by atomic mass is 32.2. The molecule has 0 spiro atoms. The maximum absolute atomic E-state index is 12.9. The maximum atomic E-state index is 12.9. The summed E-state index contributed by atoms with van der Waals surface area (Å²) >= 11 is 1.43. The summed E-state index contributed by atoms with van der Waals surface area (Å²) in [6.45, 7) is 6.84. The van der Waals surface area contributed by atoms with Crippen LogP contribution in [0, 0.1) is 5.92 Å². The van der Waals surface area contributed by atoms with E-state index < -0.39 is 0 Å². The Kier molecular flexibility index (Phi) is 6.88. The molecule has 1 amide bonds. The Labute approximate surface area is 216 Å². The van der Waals surface area contributed by atoms with Crippen LogP contribution in [0.4, 0.5) is 0 Å². The number of carbonyl (C=O) groups excluding carboxylic acids is 1. The van der Waals surface area contributed by atoms with Crippen molar-refractivity contribution in [2.75, 3.05) is 6.61 Å². The quantitative estimate of drug-likeness (QED) is 0.291. The van der Waals surface area contributed by atoms with E-state index in [1.807, 2.05) is 54.6 Å². The fourth-order valence-corrected chi connectivity index (χ4v) is 4.84. The van der Waals surface area contributed by atoms with Crippen molar-refractivity contribution in [3.8, 4) is 28.3 Å². The third-order valence-electron chi connectivity index (χ3n) is 6.05. The molecule has 5 rings (SSSR count). The van der Waals surface area contributed by atoms with Crippen molar-refractivity contribution >= 4 is 17.9 Å². The summed E-state index contributed by atoms with van der Waals surface area (Å²) in [5.41, 5.74) is 5.62. The number of ether oxygens (including phenoxy) is 1. The van der Waals surface area contributed by atoms with E-state index in [0.29, 0.717) is 24.0 Å². The summed E-state index contributed by atoms with van der Waals surface area (Å²) in [4.78, 5) is 17.6. The first-order valence-corrected chi connectivity index (χ1v) is 13.0. The Bertz CT molecular complexity index is 1360. The van der Waals surface area contributed by atoms with Gasteiger partial charge in [0.25, 0.3) is 5.91 Å². The van der Waals surface area contributed by atoms with Crippen LogP contribution < -0.4 is 9.46 Å². The van der Waals surface area contributed by atoms with Gasteiger partial charge >= 0.3 is 0 Å². The van der Waals surface area contributed by atoms with Crippen LogP contribution in [0.2, 0.25) is 0 Å². The SMILES string of the molecule is CC(C)(C)SNC(=O)c1ccccc1-c1ccc2c(c1)OC[C@H](Cc1coc(-c3ccccc3)n1)C2. The molecule has 0 saturated heterocycles. The van der Waals surface area contributed by atoms with Crippen molar-refractivity contribution in [1.29, 1.82) is 0 Å². The molecule has 1 atom stereocenters. The predicted octanol–water partition coefficient (Wildman–Crippen LogP) is 6.98. The Morgan fingerprint density at radius 3 is 2.61 bits per heavy atom. The second kappa shape index (κ2) is 10.2. The van der Waals surface area contributed by atoms with Gasteiger partial charge in [0.15, 0.2) is 0 Å². The van der Waals surface area contributed by atoms with Gasteiger partial charge in [-0.25, -0.2) is 4.98 Å². The first-order valence-electron chi connectivity index (χ1n) is 12.2. The van der Waals surface area contributed by atoms with Gasteiger partial charge in [-0.2, -0.15) is 0 Å². The lowest BCUT2D eigenvalue weighted by Crippen LogP contribution is -2.24. The van der Waals surface area contributed by atoms with E-state index in [4.69, 9.17) is 9.15 Å². The zero-order valence-electron chi connectivity index (χ0n) is 20.8. The molecular formula is C30H30N2O3S. The number of hydrogen-bond donors (Lipinski definition) is 1. The standard InChI is InChI=1S/C30H30N2O3S/c1-30(2,3)36-32-28(33)26-12-8-7-11-25(26)22-13-14-23-15-20(18-34-27(23)17-22)16-24-19-35-29(31-24)21-9-5-4-6-10-21/h4-14,17,19-20H,15-16,18H2,1-3H3,(H,32,33)/t20-/m0/s1. The summed E-state index contributed by atoms with van der Waals surface area (Å²) in [5.74, 6) is 1.76. The number of fused-ring (bicyclic) bond motifs is 1. The molecule has 0 bridgehead atoms. The Morgan fingerprint density at radius 2 is 1.81 bits per heavy atom. The number of carbonyl (C=O) groups is 1. The first-order chi connectivity index (χ1) is 17.4. The lowest BCUT2D eigenvalue weighted by molar-refractivity contribution is 0.0984. The molecule has 5 nitrogen and oxygen atoms in total. The predicted molar refractivity (Wildman–Crippen MR) is 145 cm³/mol. The van der Waals surface area contributed by atoms with E-state index in [0.717, 1.165) is 41.0 Å². The smallest absolute Gasteiger partial charge is 0.261 e. The molecule has 2 heterocycles. The van der Waals surface area contributed by atoms with Crippen LogP contribution in [0.3, 0.4) is 0 Å². The van der Waals surface area contributed by atoms with Crippen molar-refractivity contribution in [2.24, 2.45) is 5.92 Å². The molecule has 184 valence electrons. The lowest BCUT2D eigenvalue weighted by Gasteiger charge is -2.25. The highest BCUT2D eigenvalue weighted by Crippen LogP contribution is 2.35. The Hall–Kier alpha value is -3.51. The molecule has 1 aromatic heterocycles. The molecule has 3 aromatic carbocycles. The number of nitrogens with one attached hydrogen (secondary N) is 1. The minimum atomic E-state index is -0.0910. The van der Waals surface area contributed by atoms with Crippen molar-refractivity contribution in [3.05, 3.63) is 95.9 Å². The highest BCUT2D eigenvalue weighted by molar-refractivity contribution is 7.99. The van der Waals surface area contributed by atoms with E-state index >= 15 is 0 Å². The Morgan fingerprint density at radius 1 is 1.03 bits per heavy atom. The molecule has 6 heteroatoms. The lowest BCUT2D eigenvalue weighted by atomic mass is 9.91. The third kappa shape index (κ3) is 5.65. The molecule has 0 aliphatic carbocycles. The maximum Gasteiger partial charge on any atom is 0.261 e. The number of aromatic nitrogens is 1. The summed E-state index contributed by atoms with van der Waals surface area (Å²) in [5, 5.41) is 0. The molecule has 1 aliphatic heterocycles. The monoisotopic (exact) mass is 498 g/mol. The second-order valence-electron chi connectivity index (χ2n) is 10.1. The summed E-state index contributed by atoms with van der Waals surface area (Å²) in [6, 6.07) is 23.9. The van der Waals surface area contributed by atoms with E-state index in [1.54, 1.807) is 6.26 Å². The zero-order chi connectivity index (χ0) is 25.1. The van der Waals surface area contributed by atoms with Crippen LogP contribution in [0.5, 0.6) is 5.75 Å². The van der Waals surface area contributed by atoms with Gasteiger partial charge in [0.2, 0.25) is 5.89 Å². The highest BCUT2D eigenvalue weighted by Gasteiger charge is 2.23. The van der Waals surface area contributed by atoms with Crippen LogP contribution in [-0.2, 0) is 12.8 Å². The van der Waals surface area contributed by atoms with E-state index in [9.17, 15) is 4.79 Å². The van der Waals surface area contributed by atoms with Gasteiger partial charge in [-0.15, -0.1) is 0 Å². The van der Waals surface area contributed by atoms with Gasteiger partial charge in [0, 0.05) is 21.8 Å². The topological polar surface area (TPSA) is 64.4 Å². The minimum Gasteiger partial charge on any atom is -0.493 e. The number of oxazole rings is 1. The van der Waals surface area contributed by atoms with E-state index in [2.05, 4.69) is 48.7 Å². The number of hydrogen-bond acceptors (Lipinski definition) is 5. The summed E-state index contributed by atoms with van der Waals surface area (Å²) in [7, 11) is 0. The van der Waals surface area contributed by atoms with Gasteiger partial charge in [0.1, 0.15) is 12.0 Å². The van der Waals surface area contributed by atoms with Crippen LogP contribution in [0.15, 0.2) is 83.5 Å². The average Bonchev–Trinajstić information content (AvgIpc) is 3.35. The molecule has 0 fully saturated rings. The van der Waals surface area contributed by atoms with Crippen LogP contribution in [0.1, 0.15) is 42.4 Å².